The van der Waals surface area contributed by atoms with Crippen molar-refractivity contribution in [1.29, 1.82) is 0 Å². The molecule has 0 spiro atoms. The molecule has 1 saturated heterocycles. The first-order chi connectivity index (χ1) is 19.4. The maximum absolute atomic E-state index is 13.4. The number of benzene rings is 2. The number of nitrogens with zero attached hydrogens (tertiary/aromatic N) is 3. The van der Waals surface area contributed by atoms with Gasteiger partial charge in [0.15, 0.2) is 0 Å². The Morgan fingerprint density at radius 3 is 2.55 bits per heavy atom. The number of rotatable bonds is 10. The molecule has 5 rings (SSSR count). The van der Waals surface area contributed by atoms with E-state index in [9.17, 15) is 9.59 Å². The van der Waals surface area contributed by atoms with E-state index in [1.807, 2.05) is 58.6 Å². The van der Waals surface area contributed by atoms with Crippen molar-refractivity contribution in [3.05, 3.63) is 82.7 Å². The SMILES string of the molecule is COc1ccc(-c2cn(-c3ccc(C(C)C)cc3)c(NC(=O)CN(CC3CCCO3)C(=O)c3cccs3)n2)cc1. The van der Waals surface area contributed by atoms with Crippen LogP contribution in [0.2, 0.25) is 0 Å². The molecular weight excluding hydrogens is 524 g/mol. The van der Waals surface area contributed by atoms with Gasteiger partial charge in [-0.2, -0.15) is 0 Å². The highest BCUT2D eigenvalue weighted by molar-refractivity contribution is 7.12. The molecule has 0 saturated carbocycles. The van der Waals surface area contributed by atoms with E-state index in [1.54, 1.807) is 18.1 Å². The monoisotopic (exact) mass is 558 g/mol. The highest BCUT2D eigenvalue weighted by Gasteiger charge is 2.26. The van der Waals surface area contributed by atoms with E-state index in [0.717, 1.165) is 29.8 Å². The fraction of sp³-hybridized carbons (Fsp3) is 0.323. The average Bonchev–Trinajstić information content (AvgIpc) is 3.75. The Morgan fingerprint density at radius 1 is 1.15 bits per heavy atom. The summed E-state index contributed by atoms with van der Waals surface area (Å²) in [5.74, 6) is 1.04. The summed E-state index contributed by atoms with van der Waals surface area (Å²) in [6, 6.07) is 19.5. The summed E-state index contributed by atoms with van der Waals surface area (Å²) in [6.07, 6.45) is 3.67. The van der Waals surface area contributed by atoms with E-state index in [1.165, 1.54) is 16.9 Å². The number of carbonyl (C=O) groups excluding carboxylic acids is 2. The zero-order valence-corrected chi connectivity index (χ0v) is 23.8. The van der Waals surface area contributed by atoms with Crippen molar-refractivity contribution in [2.24, 2.45) is 0 Å². The molecule has 1 aliphatic rings. The van der Waals surface area contributed by atoms with Crippen molar-refractivity contribution in [1.82, 2.24) is 14.5 Å². The second-order valence-electron chi connectivity index (χ2n) is 10.1. The van der Waals surface area contributed by atoms with Gasteiger partial charge in [0.05, 0.1) is 23.8 Å². The van der Waals surface area contributed by atoms with Crippen LogP contribution in [0.15, 0.2) is 72.2 Å². The zero-order valence-electron chi connectivity index (χ0n) is 23.0. The van der Waals surface area contributed by atoms with E-state index >= 15 is 0 Å². The molecular formula is C31H34N4O4S. The van der Waals surface area contributed by atoms with Crippen LogP contribution in [0.4, 0.5) is 5.95 Å². The lowest BCUT2D eigenvalue weighted by Crippen LogP contribution is -2.42. The Labute approximate surface area is 238 Å². The van der Waals surface area contributed by atoms with Crippen molar-refractivity contribution in [2.75, 3.05) is 32.1 Å². The lowest BCUT2D eigenvalue weighted by molar-refractivity contribution is -0.117. The minimum Gasteiger partial charge on any atom is -0.497 e. The summed E-state index contributed by atoms with van der Waals surface area (Å²) in [6.45, 7) is 5.25. The van der Waals surface area contributed by atoms with Gasteiger partial charge in [-0.1, -0.05) is 32.0 Å². The second kappa shape index (κ2) is 12.5. The highest BCUT2D eigenvalue weighted by Crippen LogP contribution is 2.27. The summed E-state index contributed by atoms with van der Waals surface area (Å²) in [5, 5.41) is 4.83. The average molecular weight is 559 g/mol. The van der Waals surface area contributed by atoms with Gasteiger partial charge in [-0.25, -0.2) is 4.98 Å². The van der Waals surface area contributed by atoms with Crippen molar-refractivity contribution >= 4 is 29.1 Å². The number of nitrogens with one attached hydrogen (secondary N) is 1. The molecule has 8 nitrogen and oxygen atoms in total. The second-order valence-corrected chi connectivity index (χ2v) is 11.1. The quantitative estimate of drug-likeness (QED) is 0.258. The summed E-state index contributed by atoms with van der Waals surface area (Å²) in [4.78, 5) is 33.6. The number of methoxy groups -OCH3 is 1. The fourth-order valence-corrected chi connectivity index (χ4v) is 5.42. The molecule has 40 heavy (non-hydrogen) atoms. The van der Waals surface area contributed by atoms with Gasteiger partial charge in [0.1, 0.15) is 12.3 Å². The number of anilines is 1. The lowest BCUT2D eigenvalue weighted by atomic mass is 10.0. The Hall–Kier alpha value is -3.95. The summed E-state index contributed by atoms with van der Waals surface area (Å²) in [5.41, 5.74) is 3.69. The van der Waals surface area contributed by atoms with Crippen LogP contribution in [0, 0.1) is 0 Å². The fourth-order valence-electron chi connectivity index (χ4n) is 4.73. The van der Waals surface area contributed by atoms with Gasteiger partial charge in [-0.15, -0.1) is 11.3 Å². The van der Waals surface area contributed by atoms with Crippen LogP contribution in [0.1, 0.15) is 47.8 Å². The normalized spacial score (nSPS) is 14.8. The van der Waals surface area contributed by atoms with E-state index < -0.39 is 0 Å². The van der Waals surface area contributed by atoms with Crippen LogP contribution in [0.5, 0.6) is 5.75 Å². The molecule has 1 fully saturated rings. The molecule has 0 aliphatic carbocycles. The molecule has 1 aliphatic heterocycles. The first-order valence-corrected chi connectivity index (χ1v) is 14.4. The maximum Gasteiger partial charge on any atom is 0.264 e. The molecule has 208 valence electrons. The van der Waals surface area contributed by atoms with Crippen molar-refractivity contribution in [3.63, 3.8) is 0 Å². The first kappa shape index (κ1) is 27.6. The third-order valence-corrected chi connectivity index (χ3v) is 7.84. The number of ether oxygens (including phenoxy) is 2. The van der Waals surface area contributed by atoms with Crippen molar-refractivity contribution in [3.8, 4) is 22.7 Å². The van der Waals surface area contributed by atoms with E-state index in [-0.39, 0.29) is 24.5 Å². The van der Waals surface area contributed by atoms with E-state index in [4.69, 9.17) is 14.5 Å². The van der Waals surface area contributed by atoms with Gasteiger partial charge in [-0.3, -0.25) is 19.5 Å². The predicted molar refractivity (Wildman–Crippen MR) is 157 cm³/mol. The minimum absolute atomic E-state index is 0.0696. The van der Waals surface area contributed by atoms with Gasteiger partial charge >= 0.3 is 0 Å². The topological polar surface area (TPSA) is 85.7 Å². The van der Waals surface area contributed by atoms with Gasteiger partial charge < -0.3 is 14.4 Å². The van der Waals surface area contributed by atoms with Crippen LogP contribution in [0.25, 0.3) is 16.9 Å². The largest absolute Gasteiger partial charge is 0.497 e. The van der Waals surface area contributed by atoms with Crippen LogP contribution in [-0.4, -0.2) is 59.2 Å². The minimum atomic E-state index is -0.324. The Bertz CT molecular complexity index is 1420. The number of amides is 2. The van der Waals surface area contributed by atoms with Gasteiger partial charge in [0.2, 0.25) is 11.9 Å². The molecule has 1 N–H and O–H groups in total. The molecule has 4 aromatic rings. The molecule has 9 heteroatoms. The van der Waals surface area contributed by atoms with Crippen molar-refractivity contribution < 1.29 is 19.1 Å². The summed E-state index contributed by atoms with van der Waals surface area (Å²) < 4.78 is 12.9. The third kappa shape index (κ3) is 6.43. The number of carbonyl (C=O) groups is 2. The Morgan fingerprint density at radius 2 is 1.93 bits per heavy atom. The van der Waals surface area contributed by atoms with Crippen molar-refractivity contribution in [2.45, 2.75) is 38.7 Å². The molecule has 0 radical (unpaired) electrons. The van der Waals surface area contributed by atoms with Crippen LogP contribution >= 0.6 is 11.3 Å². The smallest absolute Gasteiger partial charge is 0.264 e. The van der Waals surface area contributed by atoms with Crippen LogP contribution in [0.3, 0.4) is 0 Å². The standard InChI is InChI=1S/C31H34N4O4S/c1-21(2)22-8-12-24(13-9-22)35-19-27(23-10-14-25(38-3)15-11-23)32-31(35)33-29(36)20-34(18-26-6-4-16-39-26)30(37)28-7-5-17-40-28/h5,7-15,17,19,21,26H,4,6,16,18,20H2,1-3H3,(H,32,33,36). The third-order valence-electron chi connectivity index (χ3n) is 6.98. The maximum atomic E-state index is 13.4. The number of imidazole rings is 1. The lowest BCUT2D eigenvalue weighted by Gasteiger charge is -2.24. The summed E-state index contributed by atoms with van der Waals surface area (Å²) >= 11 is 1.37. The highest BCUT2D eigenvalue weighted by atomic mass is 32.1. The van der Waals surface area contributed by atoms with E-state index in [0.29, 0.717) is 35.6 Å². The number of aromatic nitrogens is 2. The first-order valence-electron chi connectivity index (χ1n) is 13.5. The molecule has 2 aromatic heterocycles. The van der Waals surface area contributed by atoms with Gasteiger partial charge in [0, 0.05) is 30.6 Å². The Kier molecular flexibility index (Phi) is 8.62. The van der Waals surface area contributed by atoms with E-state index in [2.05, 4.69) is 31.3 Å². The number of hydrogen-bond acceptors (Lipinski definition) is 6. The number of thiophene rings is 1. The summed E-state index contributed by atoms with van der Waals surface area (Å²) in [7, 11) is 1.63. The number of hydrogen-bond donors (Lipinski definition) is 1. The van der Waals surface area contributed by atoms with Gasteiger partial charge in [-0.05, 0) is 72.2 Å². The molecule has 0 bridgehead atoms. The Balaban J connectivity index is 1.42. The van der Waals surface area contributed by atoms with Crippen LogP contribution < -0.4 is 10.1 Å². The molecule has 2 aromatic carbocycles. The molecule has 2 amide bonds. The predicted octanol–water partition coefficient (Wildman–Crippen LogP) is 5.99. The molecule has 1 unspecified atom stereocenters. The van der Waals surface area contributed by atoms with Crippen LogP contribution in [-0.2, 0) is 9.53 Å². The van der Waals surface area contributed by atoms with Gasteiger partial charge in [0.25, 0.3) is 5.91 Å². The molecule has 1 atom stereocenters. The molecule has 3 heterocycles. The zero-order chi connectivity index (χ0) is 28.1.